The van der Waals surface area contributed by atoms with E-state index in [1.54, 1.807) is 0 Å². The van der Waals surface area contributed by atoms with Crippen molar-refractivity contribution in [1.29, 1.82) is 0 Å². The number of aromatic nitrogens is 2. The Morgan fingerprint density at radius 3 is 2.95 bits per heavy atom. The monoisotopic (exact) mass is 323 g/mol. The molecule has 22 heavy (non-hydrogen) atoms. The third-order valence-corrected chi connectivity index (χ3v) is 5.06. The fourth-order valence-corrected chi connectivity index (χ4v) is 3.91. The number of rotatable bonds is 5. The molecule has 120 valence electrons. The van der Waals surface area contributed by atoms with Gasteiger partial charge in [-0.25, -0.2) is 9.78 Å². The Hall–Kier alpha value is -1.70. The third-order valence-electron chi connectivity index (χ3n) is 4.35. The fourth-order valence-electron chi connectivity index (χ4n) is 3.31. The molecule has 2 heterocycles. The molecule has 1 aromatic heterocycles. The molecule has 3 N–H and O–H groups in total. The van der Waals surface area contributed by atoms with Gasteiger partial charge in [-0.05, 0) is 18.8 Å². The highest BCUT2D eigenvalue weighted by Gasteiger charge is 2.54. The van der Waals surface area contributed by atoms with E-state index < -0.39 is 5.54 Å². The molecule has 3 rings (SSSR count). The van der Waals surface area contributed by atoms with Gasteiger partial charge in [-0.1, -0.05) is 20.3 Å². The van der Waals surface area contributed by atoms with Crippen LogP contribution >= 0.6 is 11.5 Å². The first-order valence-corrected chi connectivity index (χ1v) is 8.47. The molecule has 1 saturated carbocycles. The van der Waals surface area contributed by atoms with Crippen molar-refractivity contribution in [3.05, 3.63) is 5.82 Å². The van der Waals surface area contributed by atoms with Gasteiger partial charge in [-0.2, -0.15) is 4.37 Å². The van der Waals surface area contributed by atoms with Crippen molar-refractivity contribution in [3.63, 3.8) is 0 Å². The maximum atomic E-state index is 12.1. The third kappa shape index (κ3) is 2.79. The number of nitrogens with one attached hydrogen (secondary N) is 3. The van der Waals surface area contributed by atoms with Gasteiger partial charge >= 0.3 is 6.03 Å². The molecule has 1 aliphatic carbocycles. The molecule has 1 spiro atoms. The van der Waals surface area contributed by atoms with Crippen molar-refractivity contribution in [2.75, 3.05) is 11.9 Å². The summed E-state index contributed by atoms with van der Waals surface area (Å²) in [4.78, 5) is 28.0. The van der Waals surface area contributed by atoms with Crippen LogP contribution in [0.3, 0.4) is 0 Å². The first-order chi connectivity index (χ1) is 10.5. The number of hydrogen-bond acceptors (Lipinski definition) is 6. The van der Waals surface area contributed by atoms with Crippen LogP contribution in [0.2, 0.25) is 0 Å². The first kappa shape index (κ1) is 15.2. The molecule has 2 aliphatic rings. The van der Waals surface area contributed by atoms with E-state index in [1.807, 2.05) is 0 Å². The largest absolute Gasteiger partial charge is 0.360 e. The Morgan fingerprint density at radius 1 is 1.45 bits per heavy atom. The lowest BCUT2D eigenvalue weighted by Crippen LogP contribution is -2.51. The highest BCUT2D eigenvalue weighted by molar-refractivity contribution is 7.09. The van der Waals surface area contributed by atoms with E-state index in [4.69, 9.17) is 0 Å². The zero-order valence-electron chi connectivity index (χ0n) is 12.8. The Labute approximate surface area is 133 Å². The second kappa shape index (κ2) is 5.83. The highest BCUT2D eigenvalue weighted by Crippen LogP contribution is 2.38. The van der Waals surface area contributed by atoms with Gasteiger partial charge in [0, 0.05) is 30.4 Å². The number of urea groups is 1. The van der Waals surface area contributed by atoms with Crippen LogP contribution in [0.1, 0.15) is 38.9 Å². The van der Waals surface area contributed by atoms with Gasteiger partial charge in [0.25, 0.3) is 5.91 Å². The molecule has 0 unspecified atom stereocenters. The van der Waals surface area contributed by atoms with Crippen LogP contribution in [-0.2, 0) is 11.2 Å². The van der Waals surface area contributed by atoms with Gasteiger partial charge in [0.05, 0.1) is 0 Å². The van der Waals surface area contributed by atoms with E-state index in [0.717, 1.165) is 30.2 Å². The van der Waals surface area contributed by atoms with Crippen LogP contribution in [0.5, 0.6) is 0 Å². The summed E-state index contributed by atoms with van der Waals surface area (Å²) >= 11 is 1.35. The first-order valence-electron chi connectivity index (χ1n) is 7.69. The normalized spacial score (nSPS) is 27.5. The molecule has 0 aromatic carbocycles. The van der Waals surface area contributed by atoms with Crippen molar-refractivity contribution < 1.29 is 9.59 Å². The number of amides is 3. The Bertz CT molecular complexity index is 588. The number of hydrogen-bond donors (Lipinski definition) is 3. The summed E-state index contributed by atoms with van der Waals surface area (Å²) < 4.78 is 4.34. The molecule has 1 aromatic rings. The van der Waals surface area contributed by atoms with Crippen LogP contribution < -0.4 is 16.0 Å². The topological polar surface area (TPSA) is 96.0 Å². The summed E-state index contributed by atoms with van der Waals surface area (Å²) in [7, 11) is 0. The highest BCUT2D eigenvalue weighted by atomic mass is 32.1. The van der Waals surface area contributed by atoms with Crippen molar-refractivity contribution in [2.24, 2.45) is 11.8 Å². The lowest BCUT2D eigenvalue weighted by Gasteiger charge is -2.27. The molecule has 1 saturated heterocycles. The molecule has 1 aliphatic heterocycles. The van der Waals surface area contributed by atoms with Crippen LogP contribution in [0, 0.1) is 11.8 Å². The molecule has 3 amide bonds. The number of carbonyl (C=O) groups is 2. The number of imide groups is 1. The Kier molecular flexibility index (Phi) is 4.03. The second-order valence-corrected chi connectivity index (χ2v) is 7.22. The molecular weight excluding hydrogens is 302 g/mol. The average Bonchev–Trinajstić information content (AvgIpc) is 3.09. The maximum Gasteiger partial charge on any atom is 0.322 e. The van der Waals surface area contributed by atoms with E-state index in [0.29, 0.717) is 18.9 Å². The molecule has 0 bridgehead atoms. The summed E-state index contributed by atoms with van der Waals surface area (Å²) in [6.45, 7) is 4.89. The summed E-state index contributed by atoms with van der Waals surface area (Å²) in [6, 6.07) is -0.382. The zero-order chi connectivity index (χ0) is 15.7. The van der Waals surface area contributed by atoms with E-state index in [9.17, 15) is 9.59 Å². The second-order valence-electron chi connectivity index (χ2n) is 6.46. The van der Waals surface area contributed by atoms with Crippen LogP contribution in [0.15, 0.2) is 0 Å². The van der Waals surface area contributed by atoms with E-state index in [-0.39, 0.29) is 17.9 Å². The predicted molar refractivity (Wildman–Crippen MR) is 83.7 cm³/mol. The van der Waals surface area contributed by atoms with Crippen molar-refractivity contribution >= 4 is 28.6 Å². The van der Waals surface area contributed by atoms with Crippen molar-refractivity contribution in [1.82, 2.24) is 20.0 Å². The minimum Gasteiger partial charge on any atom is -0.360 e. The summed E-state index contributed by atoms with van der Waals surface area (Å²) in [5.74, 6) is 1.27. The lowest BCUT2D eigenvalue weighted by atomic mass is 9.87. The smallest absolute Gasteiger partial charge is 0.322 e. The van der Waals surface area contributed by atoms with Gasteiger partial charge in [0.1, 0.15) is 11.4 Å². The number of carbonyl (C=O) groups excluding carboxylic acids is 2. The summed E-state index contributed by atoms with van der Waals surface area (Å²) in [5.41, 5.74) is -0.741. The van der Waals surface area contributed by atoms with Gasteiger partial charge in [-0.15, -0.1) is 0 Å². The average molecular weight is 323 g/mol. The summed E-state index contributed by atoms with van der Waals surface area (Å²) in [6.07, 6.45) is 3.42. The molecule has 2 fully saturated rings. The predicted octanol–water partition coefficient (Wildman–Crippen LogP) is 1.53. The van der Waals surface area contributed by atoms with Gasteiger partial charge in [-0.3, -0.25) is 10.1 Å². The van der Waals surface area contributed by atoms with E-state index in [1.165, 1.54) is 11.5 Å². The van der Waals surface area contributed by atoms with Crippen LogP contribution in [0.4, 0.5) is 9.93 Å². The van der Waals surface area contributed by atoms with Crippen molar-refractivity contribution in [2.45, 2.75) is 45.1 Å². The lowest BCUT2D eigenvalue weighted by molar-refractivity contribution is -0.125. The van der Waals surface area contributed by atoms with E-state index >= 15 is 0 Å². The molecule has 2 atom stereocenters. The van der Waals surface area contributed by atoms with E-state index in [2.05, 4.69) is 39.2 Å². The Morgan fingerprint density at radius 2 is 2.27 bits per heavy atom. The van der Waals surface area contributed by atoms with Gasteiger partial charge in [0.2, 0.25) is 5.13 Å². The Balaban J connectivity index is 1.62. The fraction of sp³-hybridized carbons (Fsp3) is 0.714. The van der Waals surface area contributed by atoms with Crippen LogP contribution in [-0.4, -0.2) is 33.4 Å². The molecular formula is C14H21N5O2S. The minimum atomic E-state index is -0.741. The number of anilines is 1. The molecule has 8 heteroatoms. The van der Waals surface area contributed by atoms with Gasteiger partial charge < -0.3 is 10.6 Å². The zero-order valence-corrected chi connectivity index (χ0v) is 13.6. The van der Waals surface area contributed by atoms with Gasteiger partial charge in [0.15, 0.2) is 0 Å². The van der Waals surface area contributed by atoms with Crippen molar-refractivity contribution in [3.8, 4) is 0 Å². The quantitative estimate of drug-likeness (QED) is 0.714. The standard InChI is InChI=1S/C14H21N5O2S/c1-8(2)6-10-16-13(22-19-10)15-7-9-4-3-5-14(9)11(20)17-12(21)18-14/h8-9H,3-7H2,1-2H3,(H,15,16,19)(H2,17,18,20,21)/t9-,14-/m1/s1. The van der Waals surface area contributed by atoms with Crippen LogP contribution in [0.25, 0.3) is 0 Å². The SMILES string of the molecule is CC(C)Cc1nsc(NC[C@H]2CCC[C@@]23NC(=O)NC3=O)n1. The summed E-state index contributed by atoms with van der Waals surface area (Å²) in [5, 5.41) is 9.25. The minimum absolute atomic E-state index is 0.0800. The molecule has 7 nitrogen and oxygen atoms in total. The number of nitrogens with zero attached hydrogens (tertiary/aromatic N) is 2. The maximum absolute atomic E-state index is 12.1. The molecule has 0 radical (unpaired) electrons.